The maximum Gasteiger partial charge on any atom is 0.0664 e. The average Bonchev–Trinajstić information content (AvgIpc) is 2.29. The Morgan fingerprint density at radius 3 is 2.72 bits per heavy atom. The van der Waals surface area contributed by atoms with Crippen molar-refractivity contribution < 1.29 is 0 Å². The number of aryl methyl sites for hydroxylation is 1. The Morgan fingerprint density at radius 1 is 1.39 bits per heavy atom. The summed E-state index contributed by atoms with van der Waals surface area (Å²) in [5.74, 6) is 0.634. The smallest absolute Gasteiger partial charge is 0.0664 e. The van der Waals surface area contributed by atoms with Crippen molar-refractivity contribution in [3.05, 3.63) is 35.4 Å². The van der Waals surface area contributed by atoms with Gasteiger partial charge >= 0.3 is 0 Å². The van der Waals surface area contributed by atoms with E-state index in [9.17, 15) is 0 Å². The van der Waals surface area contributed by atoms with Gasteiger partial charge in [0.05, 0.1) is 5.69 Å². The number of allylic oxidation sites excluding steroid dienone is 1. The third-order valence-corrected chi connectivity index (χ3v) is 2.63. The quantitative estimate of drug-likeness (QED) is 0.720. The molecule has 0 amide bonds. The SMILES string of the molecule is CC(CC(C)C)=Nc1cc(/C=C/C=N)ccc1C. The molecule has 0 atom stereocenters. The molecule has 0 radical (unpaired) electrons. The number of nitrogens with zero attached hydrogens (tertiary/aromatic N) is 1. The Labute approximate surface area is 110 Å². The third-order valence-electron chi connectivity index (χ3n) is 2.63. The molecular formula is C16H22N2. The molecular weight excluding hydrogens is 220 g/mol. The lowest BCUT2D eigenvalue weighted by Crippen LogP contribution is -1.97. The maximum atomic E-state index is 7.00. The van der Waals surface area contributed by atoms with Crippen LogP contribution in [0.2, 0.25) is 0 Å². The van der Waals surface area contributed by atoms with Gasteiger partial charge in [0.1, 0.15) is 0 Å². The Hall–Kier alpha value is -1.70. The van der Waals surface area contributed by atoms with Crippen molar-refractivity contribution in [2.45, 2.75) is 34.1 Å². The van der Waals surface area contributed by atoms with Gasteiger partial charge in [0.15, 0.2) is 0 Å². The average molecular weight is 242 g/mol. The molecule has 0 unspecified atom stereocenters. The second-order valence-electron chi connectivity index (χ2n) is 5.02. The summed E-state index contributed by atoms with van der Waals surface area (Å²) in [7, 11) is 0. The number of hydrogen-bond donors (Lipinski definition) is 1. The zero-order valence-corrected chi connectivity index (χ0v) is 11.7. The molecule has 0 heterocycles. The minimum atomic E-state index is 0.634. The van der Waals surface area contributed by atoms with E-state index in [1.807, 2.05) is 12.1 Å². The molecule has 0 saturated heterocycles. The zero-order valence-electron chi connectivity index (χ0n) is 11.7. The second-order valence-corrected chi connectivity index (χ2v) is 5.02. The standard InChI is InChI=1S/C16H22N2/c1-12(2)10-14(4)18-16-11-15(6-5-9-17)8-7-13(16)3/h5-9,11-12,17H,10H2,1-4H3/b6-5+,17-9?,18-14?. The highest BCUT2D eigenvalue weighted by atomic mass is 14.7. The molecule has 1 aromatic carbocycles. The monoisotopic (exact) mass is 242 g/mol. The lowest BCUT2D eigenvalue weighted by molar-refractivity contribution is 0.682. The zero-order chi connectivity index (χ0) is 13.5. The summed E-state index contributed by atoms with van der Waals surface area (Å²) >= 11 is 0. The van der Waals surface area contributed by atoms with Crippen LogP contribution < -0.4 is 0 Å². The molecule has 0 spiro atoms. The molecule has 0 aliphatic heterocycles. The van der Waals surface area contributed by atoms with E-state index in [-0.39, 0.29) is 0 Å². The largest absolute Gasteiger partial charge is 0.309 e. The summed E-state index contributed by atoms with van der Waals surface area (Å²) < 4.78 is 0. The van der Waals surface area contributed by atoms with Crippen LogP contribution in [-0.2, 0) is 0 Å². The molecule has 1 aromatic rings. The van der Waals surface area contributed by atoms with Gasteiger partial charge in [-0.1, -0.05) is 32.1 Å². The first kappa shape index (κ1) is 14.4. The van der Waals surface area contributed by atoms with Crippen molar-refractivity contribution in [3.8, 4) is 0 Å². The van der Waals surface area contributed by atoms with Gasteiger partial charge in [0.25, 0.3) is 0 Å². The highest BCUT2D eigenvalue weighted by Gasteiger charge is 2.01. The van der Waals surface area contributed by atoms with Crippen molar-refractivity contribution in [2.24, 2.45) is 10.9 Å². The fraction of sp³-hybridized carbons (Fsp3) is 0.375. The molecule has 1 rings (SSSR count). The van der Waals surface area contributed by atoms with Crippen LogP contribution in [0.4, 0.5) is 5.69 Å². The first-order valence-corrected chi connectivity index (χ1v) is 6.35. The Balaban J connectivity index is 3.00. The van der Waals surface area contributed by atoms with Gasteiger partial charge in [-0.25, -0.2) is 0 Å². The fourth-order valence-corrected chi connectivity index (χ4v) is 1.85. The molecule has 0 aromatic heterocycles. The molecule has 1 N–H and O–H groups in total. The van der Waals surface area contributed by atoms with Crippen LogP contribution >= 0.6 is 0 Å². The lowest BCUT2D eigenvalue weighted by atomic mass is 10.1. The molecule has 0 aliphatic rings. The predicted molar refractivity (Wildman–Crippen MR) is 81.2 cm³/mol. The summed E-state index contributed by atoms with van der Waals surface area (Å²) in [4.78, 5) is 4.69. The van der Waals surface area contributed by atoms with Gasteiger partial charge in [-0.2, -0.15) is 0 Å². The molecule has 0 bridgehead atoms. The van der Waals surface area contributed by atoms with Crippen LogP contribution in [-0.4, -0.2) is 11.9 Å². The molecule has 0 saturated carbocycles. The highest BCUT2D eigenvalue weighted by Crippen LogP contribution is 2.22. The van der Waals surface area contributed by atoms with Gasteiger partial charge in [0, 0.05) is 11.9 Å². The van der Waals surface area contributed by atoms with E-state index in [2.05, 4.69) is 39.8 Å². The number of rotatable bonds is 5. The van der Waals surface area contributed by atoms with E-state index in [0.29, 0.717) is 5.92 Å². The summed E-state index contributed by atoms with van der Waals surface area (Å²) in [5.41, 5.74) is 4.46. The first-order chi connectivity index (χ1) is 8.52. The van der Waals surface area contributed by atoms with Crippen LogP contribution in [0.5, 0.6) is 0 Å². The molecule has 96 valence electrons. The Kier molecular flexibility index (Phi) is 5.50. The molecule has 18 heavy (non-hydrogen) atoms. The van der Waals surface area contributed by atoms with Crippen LogP contribution in [0.25, 0.3) is 6.08 Å². The van der Waals surface area contributed by atoms with E-state index in [0.717, 1.165) is 17.7 Å². The molecule has 2 nitrogen and oxygen atoms in total. The summed E-state index contributed by atoms with van der Waals surface area (Å²) in [6.45, 7) is 8.56. The third kappa shape index (κ3) is 4.66. The van der Waals surface area contributed by atoms with E-state index >= 15 is 0 Å². The van der Waals surface area contributed by atoms with Crippen LogP contribution in [0.1, 0.15) is 38.3 Å². The predicted octanol–water partition coefficient (Wildman–Crippen LogP) is 4.80. The highest BCUT2D eigenvalue weighted by molar-refractivity contribution is 5.85. The maximum absolute atomic E-state index is 7.00. The topological polar surface area (TPSA) is 36.2 Å². The number of aliphatic imine (C=N–C) groups is 1. The Bertz CT molecular complexity index is 468. The second kappa shape index (κ2) is 6.90. The summed E-state index contributed by atoms with van der Waals surface area (Å²) in [5, 5.41) is 7.00. The number of nitrogens with one attached hydrogen (secondary N) is 1. The molecule has 2 heteroatoms. The number of benzene rings is 1. The van der Waals surface area contributed by atoms with Crippen molar-refractivity contribution in [3.63, 3.8) is 0 Å². The van der Waals surface area contributed by atoms with Gasteiger partial charge in [-0.3, -0.25) is 4.99 Å². The van der Waals surface area contributed by atoms with Crippen molar-refractivity contribution in [1.82, 2.24) is 0 Å². The summed E-state index contributed by atoms with van der Waals surface area (Å²) in [6.07, 6.45) is 5.95. The van der Waals surface area contributed by atoms with Crippen LogP contribution in [0, 0.1) is 18.3 Å². The summed E-state index contributed by atoms with van der Waals surface area (Å²) in [6, 6.07) is 6.19. The Morgan fingerprint density at radius 2 is 2.11 bits per heavy atom. The normalized spacial score (nSPS) is 12.4. The van der Waals surface area contributed by atoms with Gasteiger partial charge < -0.3 is 5.41 Å². The molecule has 0 aliphatic carbocycles. The van der Waals surface area contributed by atoms with Gasteiger partial charge in [-0.15, -0.1) is 0 Å². The van der Waals surface area contributed by atoms with Gasteiger partial charge in [0.2, 0.25) is 0 Å². The fourth-order valence-electron chi connectivity index (χ4n) is 1.85. The van der Waals surface area contributed by atoms with Crippen molar-refractivity contribution >= 4 is 23.7 Å². The minimum absolute atomic E-state index is 0.634. The van der Waals surface area contributed by atoms with Crippen molar-refractivity contribution in [1.29, 1.82) is 5.41 Å². The first-order valence-electron chi connectivity index (χ1n) is 6.35. The van der Waals surface area contributed by atoms with E-state index in [4.69, 9.17) is 10.4 Å². The van der Waals surface area contributed by atoms with E-state index in [1.54, 1.807) is 6.08 Å². The number of hydrogen-bond acceptors (Lipinski definition) is 2. The van der Waals surface area contributed by atoms with E-state index < -0.39 is 0 Å². The van der Waals surface area contributed by atoms with E-state index in [1.165, 1.54) is 17.5 Å². The van der Waals surface area contributed by atoms with Crippen LogP contribution in [0.15, 0.2) is 29.3 Å². The van der Waals surface area contributed by atoms with Crippen LogP contribution in [0.3, 0.4) is 0 Å². The molecule has 0 fully saturated rings. The van der Waals surface area contributed by atoms with Crippen molar-refractivity contribution in [2.75, 3.05) is 0 Å². The lowest BCUT2D eigenvalue weighted by Gasteiger charge is -2.06. The minimum Gasteiger partial charge on any atom is -0.309 e. The van der Waals surface area contributed by atoms with Gasteiger partial charge in [-0.05, 0) is 49.5 Å².